The third-order valence-corrected chi connectivity index (χ3v) is 4.43. The van der Waals surface area contributed by atoms with E-state index in [0.717, 1.165) is 10.5 Å². The molecule has 1 unspecified atom stereocenters. The van der Waals surface area contributed by atoms with Crippen LogP contribution in [0.4, 0.5) is 4.39 Å². The van der Waals surface area contributed by atoms with Crippen molar-refractivity contribution < 1.29 is 23.5 Å². The number of carbonyl (C=O) groups is 3. The van der Waals surface area contributed by atoms with Gasteiger partial charge in [0.2, 0.25) is 5.91 Å². The highest BCUT2D eigenvalue weighted by Gasteiger charge is 2.35. The second kappa shape index (κ2) is 8.83. The van der Waals surface area contributed by atoms with Gasteiger partial charge in [-0.1, -0.05) is 12.1 Å². The molecular weight excluding hydrogens is 377 g/mol. The Kier molecular flexibility index (Phi) is 6.23. The average Bonchev–Trinajstić information content (AvgIpc) is 2.91. The molecule has 0 bridgehead atoms. The third-order valence-electron chi connectivity index (χ3n) is 4.43. The number of hydrogen-bond donors (Lipinski definition) is 2. The number of imide groups is 1. The Morgan fingerprint density at radius 2 is 1.83 bits per heavy atom. The number of carbonyl (C=O) groups excluding carboxylic acids is 3. The van der Waals surface area contributed by atoms with E-state index < -0.39 is 11.8 Å². The molecule has 0 radical (unpaired) electrons. The van der Waals surface area contributed by atoms with Crippen LogP contribution in [0, 0.1) is 5.82 Å². The second-order valence-corrected chi connectivity index (χ2v) is 6.92. The van der Waals surface area contributed by atoms with Gasteiger partial charge in [0.05, 0.1) is 11.1 Å². The number of nitrogens with two attached hydrogens (primary N) is 1. The van der Waals surface area contributed by atoms with Gasteiger partial charge in [0.1, 0.15) is 18.2 Å². The molecule has 0 spiro atoms. The number of halogens is 1. The van der Waals surface area contributed by atoms with Gasteiger partial charge in [0.25, 0.3) is 11.8 Å². The van der Waals surface area contributed by atoms with Gasteiger partial charge in [-0.25, -0.2) is 4.39 Å². The molecule has 1 aliphatic heterocycles. The van der Waals surface area contributed by atoms with Gasteiger partial charge in [0.15, 0.2) is 0 Å². The lowest BCUT2D eigenvalue weighted by molar-refractivity contribution is -0.121. The van der Waals surface area contributed by atoms with Crippen LogP contribution in [0.3, 0.4) is 0 Å². The zero-order valence-corrected chi connectivity index (χ0v) is 16.0. The fourth-order valence-electron chi connectivity index (χ4n) is 2.98. The minimum Gasteiger partial charge on any atom is -0.489 e. The van der Waals surface area contributed by atoms with Crippen molar-refractivity contribution in [2.45, 2.75) is 26.0 Å². The van der Waals surface area contributed by atoms with E-state index in [-0.39, 0.29) is 49.4 Å². The van der Waals surface area contributed by atoms with Crippen molar-refractivity contribution in [3.05, 3.63) is 65.0 Å². The minimum absolute atomic E-state index is 0.0722. The quantitative estimate of drug-likeness (QED) is 0.660. The first kappa shape index (κ1) is 20.5. The SMILES string of the molecule is CC(N)CC(=O)NCCN1C(=O)c2ccc(OCc3ccc(F)cc3)cc2C1=O. The predicted molar refractivity (Wildman–Crippen MR) is 104 cm³/mol. The smallest absolute Gasteiger partial charge is 0.261 e. The molecule has 1 aliphatic rings. The summed E-state index contributed by atoms with van der Waals surface area (Å²) in [4.78, 5) is 37.8. The molecule has 3 rings (SSSR count). The highest BCUT2D eigenvalue weighted by molar-refractivity contribution is 6.21. The monoisotopic (exact) mass is 399 g/mol. The Morgan fingerprint density at radius 3 is 2.52 bits per heavy atom. The third kappa shape index (κ3) is 4.97. The topological polar surface area (TPSA) is 102 Å². The van der Waals surface area contributed by atoms with Gasteiger partial charge in [-0.3, -0.25) is 19.3 Å². The lowest BCUT2D eigenvalue weighted by atomic mass is 10.1. The first-order valence-electron chi connectivity index (χ1n) is 9.25. The number of benzene rings is 2. The number of nitrogens with zero attached hydrogens (tertiary/aromatic N) is 1. The zero-order chi connectivity index (χ0) is 21.0. The first-order valence-corrected chi connectivity index (χ1v) is 9.25. The van der Waals surface area contributed by atoms with E-state index in [4.69, 9.17) is 10.5 Å². The summed E-state index contributed by atoms with van der Waals surface area (Å²) < 4.78 is 18.6. The Balaban J connectivity index is 1.60. The van der Waals surface area contributed by atoms with Crippen LogP contribution in [0.15, 0.2) is 42.5 Å². The number of rotatable bonds is 8. The van der Waals surface area contributed by atoms with E-state index in [1.54, 1.807) is 31.2 Å². The van der Waals surface area contributed by atoms with Crippen LogP contribution < -0.4 is 15.8 Å². The molecule has 29 heavy (non-hydrogen) atoms. The van der Waals surface area contributed by atoms with Crippen LogP contribution in [0.1, 0.15) is 39.6 Å². The molecule has 0 aliphatic carbocycles. The lowest BCUT2D eigenvalue weighted by Gasteiger charge is -2.14. The second-order valence-electron chi connectivity index (χ2n) is 6.92. The van der Waals surface area contributed by atoms with Crippen molar-refractivity contribution in [1.82, 2.24) is 10.2 Å². The van der Waals surface area contributed by atoms with Crippen molar-refractivity contribution in [3.63, 3.8) is 0 Å². The maximum Gasteiger partial charge on any atom is 0.261 e. The summed E-state index contributed by atoms with van der Waals surface area (Å²) in [5.74, 6) is -0.964. The number of nitrogens with one attached hydrogen (secondary N) is 1. The van der Waals surface area contributed by atoms with Crippen LogP contribution in [-0.4, -0.2) is 41.8 Å². The molecule has 2 aromatic carbocycles. The van der Waals surface area contributed by atoms with E-state index in [0.29, 0.717) is 11.3 Å². The highest BCUT2D eigenvalue weighted by Crippen LogP contribution is 2.27. The first-order chi connectivity index (χ1) is 13.8. The molecular formula is C21H22FN3O4. The number of amides is 3. The van der Waals surface area contributed by atoms with Crippen LogP contribution >= 0.6 is 0 Å². The number of fused-ring (bicyclic) bond motifs is 1. The van der Waals surface area contributed by atoms with Crippen molar-refractivity contribution in [3.8, 4) is 5.75 Å². The molecule has 0 fully saturated rings. The van der Waals surface area contributed by atoms with E-state index in [9.17, 15) is 18.8 Å². The van der Waals surface area contributed by atoms with Crippen LogP contribution in [0.25, 0.3) is 0 Å². The number of ether oxygens (including phenoxy) is 1. The Bertz CT molecular complexity index is 928. The van der Waals surface area contributed by atoms with Crippen LogP contribution in [0.2, 0.25) is 0 Å². The fraction of sp³-hybridized carbons (Fsp3) is 0.286. The van der Waals surface area contributed by atoms with E-state index >= 15 is 0 Å². The molecule has 0 saturated heterocycles. The molecule has 1 heterocycles. The molecule has 3 N–H and O–H groups in total. The molecule has 0 aromatic heterocycles. The standard InChI is InChI=1S/C21H22FN3O4/c1-13(23)10-19(26)24-8-9-25-20(27)17-7-6-16(11-18(17)21(25)28)29-12-14-2-4-15(22)5-3-14/h2-7,11,13H,8-10,12,23H2,1H3,(H,24,26). The predicted octanol–water partition coefficient (Wildman–Crippen LogP) is 1.85. The molecule has 2 aromatic rings. The minimum atomic E-state index is -0.432. The van der Waals surface area contributed by atoms with Crippen molar-refractivity contribution in [2.75, 3.05) is 13.1 Å². The average molecular weight is 399 g/mol. The van der Waals surface area contributed by atoms with Gasteiger partial charge < -0.3 is 15.8 Å². The molecule has 1 atom stereocenters. The maximum atomic E-state index is 13.0. The van der Waals surface area contributed by atoms with Crippen LogP contribution in [0.5, 0.6) is 5.75 Å². The zero-order valence-electron chi connectivity index (χ0n) is 16.0. The molecule has 7 nitrogen and oxygen atoms in total. The fourth-order valence-corrected chi connectivity index (χ4v) is 2.98. The van der Waals surface area contributed by atoms with Crippen molar-refractivity contribution >= 4 is 17.7 Å². The van der Waals surface area contributed by atoms with Gasteiger partial charge in [-0.15, -0.1) is 0 Å². The Morgan fingerprint density at radius 1 is 1.14 bits per heavy atom. The highest BCUT2D eigenvalue weighted by atomic mass is 19.1. The van der Waals surface area contributed by atoms with Gasteiger partial charge in [-0.05, 0) is 42.8 Å². The van der Waals surface area contributed by atoms with Gasteiger partial charge in [-0.2, -0.15) is 0 Å². The Hall–Kier alpha value is -3.26. The molecule has 3 amide bonds. The summed E-state index contributed by atoms with van der Waals surface area (Å²) in [5, 5.41) is 2.65. The van der Waals surface area contributed by atoms with Crippen molar-refractivity contribution in [2.24, 2.45) is 5.73 Å². The van der Waals surface area contributed by atoms with E-state index in [1.165, 1.54) is 18.2 Å². The summed E-state index contributed by atoms with van der Waals surface area (Å²) in [6.07, 6.45) is 0.177. The maximum absolute atomic E-state index is 13.0. The molecule has 8 heteroatoms. The Labute approximate surface area is 167 Å². The van der Waals surface area contributed by atoms with E-state index in [1.807, 2.05) is 0 Å². The van der Waals surface area contributed by atoms with Gasteiger partial charge >= 0.3 is 0 Å². The van der Waals surface area contributed by atoms with Gasteiger partial charge in [0, 0.05) is 25.6 Å². The van der Waals surface area contributed by atoms with Crippen molar-refractivity contribution in [1.29, 1.82) is 0 Å². The summed E-state index contributed by atoms with van der Waals surface area (Å²) in [7, 11) is 0. The summed E-state index contributed by atoms with van der Waals surface area (Å²) >= 11 is 0. The summed E-state index contributed by atoms with van der Waals surface area (Å²) in [6.45, 7) is 2.16. The summed E-state index contributed by atoms with van der Waals surface area (Å²) in [5.41, 5.74) is 6.89. The normalized spacial score (nSPS) is 14.0. The summed E-state index contributed by atoms with van der Waals surface area (Å²) in [6, 6.07) is 10.3. The van der Waals surface area contributed by atoms with Crippen LogP contribution in [-0.2, 0) is 11.4 Å². The largest absolute Gasteiger partial charge is 0.489 e. The lowest BCUT2D eigenvalue weighted by Crippen LogP contribution is -2.39. The van der Waals surface area contributed by atoms with E-state index in [2.05, 4.69) is 5.32 Å². The molecule has 152 valence electrons. The molecule has 0 saturated carbocycles. The number of hydrogen-bond acceptors (Lipinski definition) is 5.